The van der Waals surface area contributed by atoms with Gasteiger partial charge in [-0.3, -0.25) is 9.69 Å². The molecule has 7 heteroatoms. The summed E-state index contributed by atoms with van der Waals surface area (Å²) >= 11 is 3.46. The maximum Gasteiger partial charge on any atom is 0.241 e. The average molecular weight is 447 g/mol. The predicted octanol–water partition coefficient (Wildman–Crippen LogP) is 3.62. The lowest BCUT2D eigenvalue weighted by Crippen LogP contribution is -2.48. The van der Waals surface area contributed by atoms with Crippen molar-refractivity contribution in [3.05, 3.63) is 52.5 Å². The Balaban J connectivity index is 1.39. The van der Waals surface area contributed by atoms with E-state index in [1.54, 1.807) is 0 Å². The van der Waals surface area contributed by atoms with Crippen molar-refractivity contribution in [3.8, 4) is 11.5 Å². The highest BCUT2D eigenvalue weighted by molar-refractivity contribution is 9.10. The van der Waals surface area contributed by atoms with Gasteiger partial charge in [0.2, 0.25) is 5.91 Å². The van der Waals surface area contributed by atoms with Crippen molar-refractivity contribution in [2.24, 2.45) is 0 Å². The number of amides is 1. The number of rotatable bonds is 4. The van der Waals surface area contributed by atoms with Crippen molar-refractivity contribution in [3.63, 3.8) is 0 Å². The number of nitrogens with zero attached hydrogens (tertiary/aromatic N) is 1. The first-order valence-corrected chi connectivity index (χ1v) is 10.2. The Morgan fingerprint density at radius 3 is 2.64 bits per heavy atom. The second-order valence-electron chi connectivity index (χ2n) is 6.93. The van der Waals surface area contributed by atoms with Gasteiger partial charge in [-0.25, -0.2) is 0 Å². The van der Waals surface area contributed by atoms with Gasteiger partial charge in [0.1, 0.15) is 13.2 Å². The van der Waals surface area contributed by atoms with Crippen LogP contribution in [0.15, 0.2) is 46.9 Å². The largest absolute Gasteiger partial charge is 0.486 e. The Morgan fingerprint density at radius 1 is 1.11 bits per heavy atom. The third-order valence-electron chi connectivity index (χ3n) is 5.08. The molecule has 1 amide bonds. The van der Waals surface area contributed by atoms with Crippen molar-refractivity contribution in [2.45, 2.75) is 19.1 Å². The molecule has 28 heavy (non-hydrogen) atoms. The van der Waals surface area contributed by atoms with Crippen LogP contribution < -0.4 is 14.8 Å². The van der Waals surface area contributed by atoms with E-state index < -0.39 is 0 Å². The van der Waals surface area contributed by atoms with E-state index in [1.807, 2.05) is 37.3 Å². The molecule has 2 heterocycles. The smallest absolute Gasteiger partial charge is 0.241 e. The standard InChI is InChI=1S/C21H23BrN2O4/c1-14(21(25)23-17-6-7-18-19(12-17)28-11-10-27-18)24-8-9-26-20(13-24)15-2-4-16(22)5-3-15/h2-7,12,14,20H,8-11,13H2,1H3,(H,23,25). The van der Waals surface area contributed by atoms with Gasteiger partial charge in [-0.1, -0.05) is 28.1 Å². The number of carbonyl (C=O) groups excluding carboxylic acids is 1. The Labute approximate surface area is 172 Å². The molecule has 2 aromatic carbocycles. The molecular formula is C21H23BrN2O4. The molecule has 1 saturated heterocycles. The Kier molecular flexibility index (Phi) is 5.85. The van der Waals surface area contributed by atoms with Gasteiger partial charge in [-0.2, -0.15) is 0 Å². The van der Waals surface area contributed by atoms with E-state index in [9.17, 15) is 4.79 Å². The van der Waals surface area contributed by atoms with E-state index in [-0.39, 0.29) is 18.1 Å². The molecule has 0 aromatic heterocycles. The third kappa shape index (κ3) is 4.32. The highest BCUT2D eigenvalue weighted by Crippen LogP contribution is 2.33. The number of carbonyl (C=O) groups is 1. The van der Waals surface area contributed by atoms with Gasteiger partial charge in [0.05, 0.1) is 18.8 Å². The maximum atomic E-state index is 12.8. The summed E-state index contributed by atoms with van der Waals surface area (Å²) in [4.78, 5) is 15.0. The molecule has 2 unspecified atom stereocenters. The lowest BCUT2D eigenvalue weighted by Gasteiger charge is -2.36. The van der Waals surface area contributed by atoms with Crippen molar-refractivity contribution in [1.29, 1.82) is 0 Å². The van der Waals surface area contributed by atoms with Gasteiger partial charge in [0.15, 0.2) is 11.5 Å². The highest BCUT2D eigenvalue weighted by Gasteiger charge is 2.29. The number of halogens is 1. The average Bonchev–Trinajstić information content (AvgIpc) is 2.73. The minimum Gasteiger partial charge on any atom is -0.486 e. The van der Waals surface area contributed by atoms with Gasteiger partial charge in [-0.05, 0) is 36.8 Å². The van der Waals surface area contributed by atoms with E-state index in [2.05, 4.69) is 38.3 Å². The quantitative estimate of drug-likeness (QED) is 0.776. The maximum absolute atomic E-state index is 12.8. The predicted molar refractivity (Wildman–Crippen MR) is 110 cm³/mol. The molecule has 2 aliphatic heterocycles. The van der Waals surface area contributed by atoms with Crippen molar-refractivity contribution >= 4 is 27.5 Å². The number of ether oxygens (including phenoxy) is 3. The summed E-state index contributed by atoms with van der Waals surface area (Å²) in [6.07, 6.45) is -0.0357. The molecule has 1 fully saturated rings. The number of morpholine rings is 1. The van der Waals surface area contributed by atoms with Crippen LogP contribution in [0.4, 0.5) is 5.69 Å². The summed E-state index contributed by atoms with van der Waals surface area (Å²) in [5.41, 5.74) is 1.83. The number of fused-ring (bicyclic) bond motifs is 1. The van der Waals surface area contributed by atoms with Crippen molar-refractivity contribution < 1.29 is 19.0 Å². The molecular weight excluding hydrogens is 424 g/mol. The summed E-state index contributed by atoms with van der Waals surface area (Å²) in [5, 5.41) is 2.99. The number of hydrogen-bond donors (Lipinski definition) is 1. The zero-order valence-electron chi connectivity index (χ0n) is 15.7. The summed E-state index contributed by atoms with van der Waals surface area (Å²) < 4.78 is 18.1. The molecule has 0 radical (unpaired) electrons. The Hall–Kier alpha value is -2.09. The molecule has 0 aliphatic carbocycles. The lowest BCUT2D eigenvalue weighted by molar-refractivity contribution is -0.124. The molecule has 148 valence electrons. The van der Waals surface area contributed by atoms with Gasteiger partial charge in [0, 0.05) is 29.3 Å². The minimum absolute atomic E-state index is 0.0357. The van der Waals surface area contributed by atoms with Crippen LogP contribution in [0.5, 0.6) is 11.5 Å². The first kappa shape index (κ1) is 19.2. The fourth-order valence-electron chi connectivity index (χ4n) is 3.43. The highest BCUT2D eigenvalue weighted by atomic mass is 79.9. The van der Waals surface area contributed by atoms with Crippen LogP contribution in [0.2, 0.25) is 0 Å². The summed E-state index contributed by atoms with van der Waals surface area (Å²) in [7, 11) is 0. The summed E-state index contributed by atoms with van der Waals surface area (Å²) in [6, 6.07) is 13.3. The molecule has 1 N–H and O–H groups in total. The van der Waals surface area contributed by atoms with Crippen molar-refractivity contribution in [1.82, 2.24) is 4.90 Å². The summed E-state index contributed by atoms with van der Waals surface area (Å²) in [6.45, 7) is 5.00. The number of anilines is 1. The van der Waals surface area contributed by atoms with E-state index in [0.29, 0.717) is 43.6 Å². The SMILES string of the molecule is CC(C(=O)Nc1ccc2c(c1)OCCO2)N1CCOC(c2ccc(Br)cc2)C1. The second kappa shape index (κ2) is 8.51. The zero-order valence-corrected chi connectivity index (χ0v) is 17.3. The van der Waals surface area contributed by atoms with Gasteiger partial charge in [-0.15, -0.1) is 0 Å². The zero-order chi connectivity index (χ0) is 19.5. The third-order valence-corrected chi connectivity index (χ3v) is 5.61. The second-order valence-corrected chi connectivity index (χ2v) is 7.85. The Bertz CT molecular complexity index is 843. The number of hydrogen-bond acceptors (Lipinski definition) is 5. The number of benzene rings is 2. The fourth-order valence-corrected chi connectivity index (χ4v) is 3.70. The Morgan fingerprint density at radius 2 is 1.86 bits per heavy atom. The first-order chi connectivity index (χ1) is 13.6. The monoisotopic (exact) mass is 446 g/mol. The molecule has 0 saturated carbocycles. The molecule has 6 nitrogen and oxygen atoms in total. The molecule has 2 aromatic rings. The van der Waals surface area contributed by atoms with Crippen LogP contribution >= 0.6 is 15.9 Å². The van der Waals surface area contributed by atoms with Crippen LogP contribution in [-0.2, 0) is 9.53 Å². The minimum atomic E-state index is -0.268. The molecule has 4 rings (SSSR count). The molecule has 0 spiro atoms. The van der Waals surface area contributed by atoms with Crippen molar-refractivity contribution in [2.75, 3.05) is 38.2 Å². The van der Waals surface area contributed by atoms with Crippen LogP contribution in [0.3, 0.4) is 0 Å². The fraction of sp³-hybridized carbons (Fsp3) is 0.381. The number of nitrogens with one attached hydrogen (secondary N) is 1. The van der Waals surface area contributed by atoms with E-state index in [0.717, 1.165) is 16.6 Å². The van der Waals surface area contributed by atoms with E-state index in [1.165, 1.54) is 0 Å². The first-order valence-electron chi connectivity index (χ1n) is 9.42. The van der Waals surface area contributed by atoms with Gasteiger partial charge in [0.25, 0.3) is 0 Å². The van der Waals surface area contributed by atoms with Crippen LogP contribution in [0.25, 0.3) is 0 Å². The lowest BCUT2D eigenvalue weighted by atomic mass is 10.1. The van der Waals surface area contributed by atoms with E-state index >= 15 is 0 Å². The van der Waals surface area contributed by atoms with Crippen LogP contribution in [-0.4, -0.2) is 49.8 Å². The van der Waals surface area contributed by atoms with Crippen LogP contribution in [0, 0.1) is 0 Å². The topological polar surface area (TPSA) is 60.0 Å². The molecule has 0 bridgehead atoms. The van der Waals surface area contributed by atoms with Crippen LogP contribution in [0.1, 0.15) is 18.6 Å². The van der Waals surface area contributed by atoms with Gasteiger partial charge < -0.3 is 19.5 Å². The van der Waals surface area contributed by atoms with E-state index in [4.69, 9.17) is 14.2 Å². The molecule has 2 aliphatic rings. The van der Waals surface area contributed by atoms with Gasteiger partial charge >= 0.3 is 0 Å². The normalized spacial score (nSPS) is 20.4. The molecule has 2 atom stereocenters. The summed E-state index contributed by atoms with van der Waals surface area (Å²) in [5.74, 6) is 1.33.